The van der Waals surface area contributed by atoms with Crippen LogP contribution in [0.15, 0.2) is 12.1 Å². The highest BCUT2D eigenvalue weighted by Crippen LogP contribution is 2.35. The average molecular weight is 288 g/mol. The Kier molecular flexibility index (Phi) is 6.42. The number of hydrogen-bond acceptors (Lipinski definition) is 4. The predicted octanol–water partition coefficient (Wildman–Crippen LogP) is 2.61. The Morgan fingerprint density at radius 2 is 2.00 bits per heavy atom. The zero-order chi connectivity index (χ0) is 14.4. The van der Waals surface area contributed by atoms with Crippen LogP contribution >= 0.6 is 11.6 Å². The van der Waals surface area contributed by atoms with Gasteiger partial charge in [0, 0.05) is 29.7 Å². The van der Waals surface area contributed by atoms with Crippen molar-refractivity contribution in [1.82, 2.24) is 5.32 Å². The van der Waals surface area contributed by atoms with Crippen LogP contribution in [0, 0.1) is 0 Å². The smallest absolute Gasteiger partial charge is 0.166 e. The molecular weight excluding hydrogens is 266 g/mol. The van der Waals surface area contributed by atoms with E-state index >= 15 is 0 Å². The monoisotopic (exact) mass is 287 g/mol. The van der Waals surface area contributed by atoms with Crippen LogP contribution in [0.1, 0.15) is 26.3 Å². The van der Waals surface area contributed by atoms with Crippen LogP contribution < -0.4 is 14.8 Å². The summed E-state index contributed by atoms with van der Waals surface area (Å²) in [6.07, 6.45) is -0.346. The van der Waals surface area contributed by atoms with Gasteiger partial charge in [0.25, 0.3) is 0 Å². The van der Waals surface area contributed by atoms with Gasteiger partial charge >= 0.3 is 0 Å². The van der Waals surface area contributed by atoms with Gasteiger partial charge in [0.2, 0.25) is 0 Å². The lowest BCUT2D eigenvalue weighted by Gasteiger charge is -2.18. The molecule has 0 aromatic heterocycles. The Balaban J connectivity index is 2.94. The zero-order valence-corrected chi connectivity index (χ0v) is 12.6. The quantitative estimate of drug-likeness (QED) is 0.809. The van der Waals surface area contributed by atoms with Crippen LogP contribution in [-0.4, -0.2) is 31.0 Å². The van der Waals surface area contributed by atoms with E-state index in [1.807, 2.05) is 19.9 Å². The van der Waals surface area contributed by atoms with Crippen molar-refractivity contribution in [3.63, 3.8) is 0 Å². The largest absolute Gasteiger partial charge is 0.493 e. The number of hydrogen-bond donors (Lipinski definition) is 2. The van der Waals surface area contributed by atoms with Gasteiger partial charge < -0.3 is 19.9 Å². The summed E-state index contributed by atoms with van der Waals surface area (Å²) in [5.74, 6) is 1.31. The second-order valence-electron chi connectivity index (χ2n) is 4.74. The van der Waals surface area contributed by atoms with E-state index in [0.717, 1.165) is 5.56 Å². The van der Waals surface area contributed by atoms with E-state index < -0.39 is 6.10 Å². The minimum Gasteiger partial charge on any atom is -0.493 e. The Morgan fingerprint density at radius 3 is 2.53 bits per heavy atom. The molecule has 0 unspecified atom stereocenters. The predicted molar refractivity (Wildman–Crippen MR) is 77.2 cm³/mol. The number of halogens is 1. The van der Waals surface area contributed by atoms with Gasteiger partial charge in [0.15, 0.2) is 11.5 Å². The van der Waals surface area contributed by atoms with Crippen LogP contribution in [0.25, 0.3) is 0 Å². The fraction of sp³-hybridized carbons (Fsp3) is 0.571. The Morgan fingerprint density at radius 1 is 1.32 bits per heavy atom. The average Bonchev–Trinajstić information content (AvgIpc) is 2.31. The molecular formula is C14H22ClNO3. The fourth-order valence-corrected chi connectivity index (χ4v) is 1.92. The van der Waals surface area contributed by atoms with Crippen molar-refractivity contribution in [1.29, 1.82) is 0 Å². The highest BCUT2D eigenvalue weighted by atomic mass is 35.5. The molecule has 108 valence electrons. The van der Waals surface area contributed by atoms with E-state index in [1.165, 1.54) is 0 Å². The molecule has 0 fully saturated rings. The van der Waals surface area contributed by atoms with Gasteiger partial charge in [0.05, 0.1) is 19.3 Å². The maximum Gasteiger partial charge on any atom is 0.166 e. The van der Waals surface area contributed by atoms with Crippen molar-refractivity contribution >= 4 is 11.6 Å². The summed E-state index contributed by atoms with van der Waals surface area (Å²) in [5, 5.41) is 13.0. The van der Waals surface area contributed by atoms with E-state index in [4.69, 9.17) is 21.1 Å². The lowest BCUT2D eigenvalue weighted by atomic mass is 10.1. The molecule has 4 nitrogen and oxygen atoms in total. The van der Waals surface area contributed by atoms with Crippen LogP contribution in [0.5, 0.6) is 11.5 Å². The third-order valence-corrected chi connectivity index (χ3v) is 2.64. The summed E-state index contributed by atoms with van der Waals surface area (Å²) >= 11 is 6.07. The summed E-state index contributed by atoms with van der Waals surface area (Å²) in [6.45, 7) is 6.72. The molecule has 0 aliphatic heterocycles. The lowest BCUT2D eigenvalue weighted by Crippen LogP contribution is -2.24. The first kappa shape index (κ1) is 16.1. The summed E-state index contributed by atoms with van der Waals surface area (Å²) in [5.41, 5.74) is 0.915. The van der Waals surface area contributed by atoms with E-state index in [-0.39, 0.29) is 6.10 Å². The second-order valence-corrected chi connectivity index (χ2v) is 5.18. The molecule has 0 heterocycles. The summed E-state index contributed by atoms with van der Waals surface area (Å²) in [7, 11) is 1.59. The van der Waals surface area contributed by atoms with Crippen molar-refractivity contribution in [2.24, 2.45) is 0 Å². The molecule has 1 aromatic rings. The molecule has 0 bridgehead atoms. The summed E-state index contributed by atoms with van der Waals surface area (Å²) in [6, 6.07) is 3.58. The topological polar surface area (TPSA) is 50.7 Å². The Labute approximate surface area is 119 Å². The highest BCUT2D eigenvalue weighted by molar-refractivity contribution is 6.30. The van der Waals surface area contributed by atoms with Crippen LogP contribution in [0.4, 0.5) is 0 Å². The van der Waals surface area contributed by atoms with Crippen LogP contribution in [0.3, 0.4) is 0 Å². The molecule has 0 amide bonds. The molecule has 2 N–H and O–H groups in total. The first-order chi connectivity index (χ1) is 8.93. The number of benzene rings is 1. The molecule has 19 heavy (non-hydrogen) atoms. The SMILES string of the molecule is COc1cc(Cl)cc(CNC[C@@H](C)O)c1OC(C)C. The molecule has 0 radical (unpaired) electrons. The van der Waals surface area contributed by atoms with Crippen molar-refractivity contribution in [2.75, 3.05) is 13.7 Å². The standard InChI is InChI=1S/C14H22ClNO3/c1-9(2)19-14-11(8-16-7-10(3)17)5-12(15)6-13(14)18-4/h5-6,9-10,16-17H,7-8H2,1-4H3/t10-/m1/s1. The molecule has 1 rings (SSSR count). The van der Waals surface area contributed by atoms with Crippen molar-refractivity contribution in [3.8, 4) is 11.5 Å². The number of aliphatic hydroxyl groups excluding tert-OH is 1. The lowest BCUT2D eigenvalue weighted by molar-refractivity contribution is 0.190. The van der Waals surface area contributed by atoms with Crippen molar-refractivity contribution < 1.29 is 14.6 Å². The summed E-state index contributed by atoms with van der Waals surface area (Å²) in [4.78, 5) is 0. The van der Waals surface area contributed by atoms with Gasteiger partial charge in [0.1, 0.15) is 0 Å². The van der Waals surface area contributed by atoms with Gasteiger partial charge in [-0.1, -0.05) is 11.6 Å². The number of methoxy groups -OCH3 is 1. The molecule has 1 atom stereocenters. The third-order valence-electron chi connectivity index (χ3n) is 2.43. The highest BCUT2D eigenvalue weighted by Gasteiger charge is 2.14. The number of nitrogens with one attached hydrogen (secondary N) is 1. The molecule has 0 saturated carbocycles. The molecule has 0 spiro atoms. The van der Waals surface area contributed by atoms with Gasteiger partial charge in [-0.05, 0) is 26.8 Å². The van der Waals surface area contributed by atoms with Gasteiger partial charge in [-0.15, -0.1) is 0 Å². The number of rotatable bonds is 7. The fourth-order valence-electron chi connectivity index (χ4n) is 1.69. The van der Waals surface area contributed by atoms with Gasteiger partial charge in [-0.3, -0.25) is 0 Å². The minimum atomic E-state index is -0.393. The minimum absolute atomic E-state index is 0.0468. The van der Waals surface area contributed by atoms with E-state index in [2.05, 4.69) is 5.32 Å². The molecule has 1 aromatic carbocycles. The van der Waals surface area contributed by atoms with E-state index in [1.54, 1.807) is 20.1 Å². The Bertz CT molecular complexity index is 408. The number of aliphatic hydroxyl groups is 1. The maximum absolute atomic E-state index is 9.26. The maximum atomic E-state index is 9.26. The first-order valence-corrected chi connectivity index (χ1v) is 6.73. The third kappa shape index (κ3) is 5.27. The van der Waals surface area contributed by atoms with E-state index in [0.29, 0.717) is 29.6 Å². The van der Waals surface area contributed by atoms with Crippen LogP contribution in [0.2, 0.25) is 5.02 Å². The molecule has 0 saturated heterocycles. The summed E-state index contributed by atoms with van der Waals surface area (Å²) < 4.78 is 11.1. The molecule has 0 aliphatic rings. The Hall–Kier alpha value is -0.970. The van der Waals surface area contributed by atoms with Crippen molar-refractivity contribution in [2.45, 2.75) is 39.5 Å². The zero-order valence-electron chi connectivity index (χ0n) is 11.9. The van der Waals surface area contributed by atoms with E-state index in [9.17, 15) is 5.11 Å². The van der Waals surface area contributed by atoms with Gasteiger partial charge in [-0.25, -0.2) is 0 Å². The first-order valence-electron chi connectivity index (χ1n) is 6.36. The second kappa shape index (κ2) is 7.58. The van der Waals surface area contributed by atoms with Crippen LogP contribution in [-0.2, 0) is 6.54 Å². The van der Waals surface area contributed by atoms with Gasteiger partial charge in [-0.2, -0.15) is 0 Å². The molecule has 5 heteroatoms. The normalized spacial score (nSPS) is 12.6. The number of ether oxygens (including phenoxy) is 2. The van der Waals surface area contributed by atoms with Crippen molar-refractivity contribution in [3.05, 3.63) is 22.7 Å². The molecule has 0 aliphatic carbocycles.